The summed E-state index contributed by atoms with van der Waals surface area (Å²) in [4.78, 5) is 18.7. The zero-order valence-electron chi connectivity index (χ0n) is 21.0. The Labute approximate surface area is 200 Å². The van der Waals surface area contributed by atoms with Gasteiger partial charge in [0.15, 0.2) is 8.32 Å². The van der Waals surface area contributed by atoms with Crippen molar-refractivity contribution >= 4 is 41.4 Å². The number of halogens is 2. The van der Waals surface area contributed by atoms with E-state index in [-0.39, 0.29) is 17.0 Å². The van der Waals surface area contributed by atoms with Crippen molar-refractivity contribution in [3.63, 3.8) is 0 Å². The average Bonchev–Trinajstić information content (AvgIpc) is 2.87. The summed E-state index contributed by atoms with van der Waals surface area (Å²) in [6.07, 6.45) is -0.682. The molecule has 0 aliphatic carbocycles. The molecule has 2 rings (SSSR count). The number of fused-ring (bicyclic) bond motifs is 1. The van der Waals surface area contributed by atoms with E-state index in [0.717, 1.165) is 11.3 Å². The summed E-state index contributed by atoms with van der Waals surface area (Å²) in [5.74, 6) is 0.419. The van der Waals surface area contributed by atoms with E-state index in [1.165, 1.54) is 12.1 Å². The van der Waals surface area contributed by atoms with Crippen molar-refractivity contribution in [2.75, 3.05) is 13.6 Å². The second-order valence-corrected chi connectivity index (χ2v) is 16.5. The van der Waals surface area contributed by atoms with Crippen LogP contribution in [0.1, 0.15) is 47.4 Å². The number of benzene rings is 1. The fraction of sp³-hybridized carbons (Fsp3) is 0.652. The fourth-order valence-electron chi connectivity index (χ4n) is 3.17. The van der Waals surface area contributed by atoms with Gasteiger partial charge >= 0.3 is 6.09 Å². The molecule has 2 aromatic rings. The van der Waals surface area contributed by atoms with Gasteiger partial charge in [-0.1, -0.05) is 20.8 Å². The van der Waals surface area contributed by atoms with Gasteiger partial charge in [0, 0.05) is 17.6 Å². The Kier molecular flexibility index (Phi) is 7.89. The molecule has 0 bridgehead atoms. The monoisotopic (exact) mass is 529 g/mol. The van der Waals surface area contributed by atoms with Crippen LogP contribution in [0, 0.1) is 12.7 Å². The topological polar surface area (TPSA) is 56.6 Å². The molecule has 1 atom stereocenters. The minimum absolute atomic E-state index is 0.00546. The van der Waals surface area contributed by atoms with Gasteiger partial charge in [-0.2, -0.15) is 0 Å². The Balaban J connectivity index is 2.40. The molecule has 0 saturated heterocycles. The van der Waals surface area contributed by atoms with E-state index >= 15 is 0 Å². The number of aryl methyl sites for hydroxylation is 1. The number of carbonyl (C=O) groups is 1. The van der Waals surface area contributed by atoms with E-state index in [9.17, 15) is 9.18 Å². The first-order valence-electron chi connectivity index (χ1n) is 10.8. The summed E-state index contributed by atoms with van der Waals surface area (Å²) < 4.78 is 28.8. The molecular formula is C23H37BrFN3O3Si. The van der Waals surface area contributed by atoms with Crippen LogP contribution in [0.25, 0.3) is 11.0 Å². The largest absolute Gasteiger partial charge is 0.444 e. The number of likely N-dealkylation sites (N-methyl/N-ethyl adjacent to an activating group) is 1. The summed E-state index contributed by atoms with van der Waals surface area (Å²) in [5, 5.41) is 0.00546. The third-order valence-electron chi connectivity index (χ3n) is 5.79. The highest BCUT2D eigenvalue weighted by Gasteiger charge is 2.40. The third-order valence-corrected chi connectivity index (χ3v) is 10.9. The lowest BCUT2D eigenvalue weighted by atomic mass is 10.2. The number of ether oxygens (including phenoxy) is 1. The Bertz CT molecular complexity index is 979. The zero-order valence-corrected chi connectivity index (χ0v) is 23.6. The number of imidazole rings is 1. The van der Waals surface area contributed by atoms with Gasteiger partial charge in [0.25, 0.3) is 0 Å². The summed E-state index contributed by atoms with van der Waals surface area (Å²) in [7, 11) is -0.419. The Morgan fingerprint density at radius 2 is 1.84 bits per heavy atom. The second-order valence-electron chi connectivity index (χ2n) is 10.9. The highest BCUT2D eigenvalue weighted by atomic mass is 79.9. The van der Waals surface area contributed by atoms with Crippen LogP contribution < -0.4 is 0 Å². The van der Waals surface area contributed by atoms with E-state index in [1.807, 2.05) is 32.3 Å². The molecule has 32 heavy (non-hydrogen) atoms. The lowest BCUT2D eigenvalue weighted by Crippen LogP contribution is -2.49. The number of aromatic nitrogens is 2. The molecule has 180 valence electrons. The van der Waals surface area contributed by atoms with Crippen LogP contribution in [0.15, 0.2) is 16.6 Å². The van der Waals surface area contributed by atoms with Crippen LogP contribution in [0.5, 0.6) is 0 Å². The molecule has 0 N–H and O–H groups in total. The van der Waals surface area contributed by atoms with Crippen LogP contribution >= 0.6 is 15.9 Å². The Hall–Kier alpha value is -1.45. The van der Waals surface area contributed by atoms with E-state index in [4.69, 9.17) is 9.16 Å². The van der Waals surface area contributed by atoms with Crippen LogP contribution in [-0.2, 0) is 15.7 Å². The first kappa shape index (κ1) is 26.8. The van der Waals surface area contributed by atoms with Crippen molar-refractivity contribution in [3.8, 4) is 0 Å². The van der Waals surface area contributed by atoms with E-state index in [0.29, 0.717) is 23.1 Å². The molecule has 9 heteroatoms. The highest BCUT2D eigenvalue weighted by molar-refractivity contribution is 9.10. The molecule has 0 radical (unpaired) electrons. The number of carbonyl (C=O) groups excluding carboxylic acids is 1. The van der Waals surface area contributed by atoms with Crippen molar-refractivity contribution < 1.29 is 18.3 Å². The molecule has 1 heterocycles. The molecule has 1 aromatic heterocycles. The van der Waals surface area contributed by atoms with Crippen molar-refractivity contribution in [2.24, 2.45) is 0 Å². The summed E-state index contributed by atoms with van der Waals surface area (Å²) in [6, 6.07) is 2.87. The first-order valence-corrected chi connectivity index (χ1v) is 14.6. The van der Waals surface area contributed by atoms with Crippen molar-refractivity contribution in [2.45, 2.75) is 84.8 Å². The summed E-state index contributed by atoms with van der Waals surface area (Å²) in [6.45, 7) is 19.2. The van der Waals surface area contributed by atoms with E-state index in [1.54, 1.807) is 11.9 Å². The Morgan fingerprint density at radius 3 is 2.38 bits per heavy atom. The quantitative estimate of drug-likeness (QED) is 0.400. The smallest absolute Gasteiger partial charge is 0.410 e. The number of hydrogen-bond acceptors (Lipinski definition) is 4. The SMILES string of the molecule is Cc1nc2cc(F)cc(Br)c2n1CC(CN(C)C(=O)OC(C)(C)C)O[Si](C)(C)C(C)(C)C. The van der Waals surface area contributed by atoms with Crippen molar-refractivity contribution in [1.82, 2.24) is 14.5 Å². The molecule has 6 nitrogen and oxygen atoms in total. The maximum absolute atomic E-state index is 13.9. The molecule has 0 spiro atoms. The lowest BCUT2D eigenvalue weighted by Gasteiger charge is -2.40. The van der Waals surface area contributed by atoms with Gasteiger partial charge in [-0.3, -0.25) is 0 Å². The molecule has 0 fully saturated rings. The van der Waals surface area contributed by atoms with Crippen molar-refractivity contribution in [3.05, 3.63) is 28.2 Å². The summed E-state index contributed by atoms with van der Waals surface area (Å²) >= 11 is 3.48. The minimum Gasteiger partial charge on any atom is -0.444 e. The highest BCUT2D eigenvalue weighted by Crippen LogP contribution is 2.38. The Morgan fingerprint density at radius 1 is 1.25 bits per heavy atom. The maximum atomic E-state index is 13.9. The predicted octanol–water partition coefficient (Wildman–Crippen LogP) is 6.50. The normalized spacial score (nSPS) is 14.0. The predicted molar refractivity (Wildman–Crippen MR) is 133 cm³/mol. The number of rotatable bonds is 6. The third kappa shape index (κ3) is 6.54. The molecule has 1 unspecified atom stereocenters. The second kappa shape index (κ2) is 9.42. The standard InChI is InChI=1S/C23H37BrFN3O3Si/c1-15-26-19-12-16(25)11-18(24)20(19)28(15)14-17(31-32(9,10)23(5,6)7)13-27(8)21(29)30-22(2,3)4/h11-12,17H,13-14H2,1-10H3. The number of amides is 1. The van der Waals surface area contributed by atoms with Gasteiger partial charge in [0.1, 0.15) is 17.2 Å². The van der Waals surface area contributed by atoms with Gasteiger partial charge in [0.05, 0.1) is 30.2 Å². The molecule has 1 amide bonds. The summed E-state index contributed by atoms with van der Waals surface area (Å²) in [5.41, 5.74) is 0.821. The molecule has 0 aliphatic heterocycles. The maximum Gasteiger partial charge on any atom is 0.410 e. The van der Waals surface area contributed by atoms with Crippen LogP contribution in [0.3, 0.4) is 0 Å². The average molecular weight is 531 g/mol. The fourth-order valence-corrected chi connectivity index (χ4v) is 5.15. The van der Waals surface area contributed by atoms with Crippen LogP contribution in [-0.4, -0.2) is 54.2 Å². The minimum atomic E-state index is -2.14. The van der Waals surface area contributed by atoms with Gasteiger partial charge in [-0.15, -0.1) is 0 Å². The molecular weight excluding hydrogens is 493 g/mol. The first-order chi connectivity index (χ1) is 14.4. The van der Waals surface area contributed by atoms with Gasteiger partial charge in [0.2, 0.25) is 0 Å². The molecule has 1 aromatic carbocycles. The van der Waals surface area contributed by atoms with Gasteiger partial charge in [-0.25, -0.2) is 14.2 Å². The number of hydrogen-bond donors (Lipinski definition) is 0. The van der Waals surface area contributed by atoms with Gasteiger partial charge < -0.3 is 18.6 Å². The molecule has 0 saturated carbocycles. The van der Waals surface area contributed by atoms with Gasteiger partial charge in [-0.05, 0) is 67.8 Å². The van der Waals surface area contributed by atoms with E-state index < -0.39 is 20.0 Å². The van der Waals surface area contributed by atoms with E-state index in [2.05, 4.69) is 54.8 Å². The number of nitrogens with zero attached hydrogens (tertiary/aromatic N) is 3. The lowest BCUT2D eigenvalue weighted by molar-refractivity contribution is 0.0204. The molecule has 0 aliphatic rings. The van der Waals surface area contributed by atoms with Crippen LogP contribution in [0.4, 0.5) is 9.18 Å². The zero-order chi connectivity index (χ0) is 24.6. The van der Waals surface area contributed by atoms with Crippen molar-refractivity contribution in [1.29, 1.82) is 0 Å². The van der Waals surface area contributed by atoms with Crippen LogP contribution in [0.2, 0.25) is 18.1 Å².